The second-order valence-corrected chi connectivity index (χ2v) is 6.67. The largest absolute Gasteiger partial charge is 0.318 e. The van der Waals surface area contributed by atoms with Gasteiger partial charge < -0.3 is 10.6 Å². The van der Waals surface area contributed by atoms with Crippen molar-refractivity contribution in [3.63, 3.8) is 0 Å². The van der Waals surface area contributed by atoms with E-state index in [0.29, 0.717) is 5.92 Å². The maximum absolute atomic E-state index is 6.71. The minimum atomic E-state index is -0.167. The molecular weight excluding hydrogens is 230 g/mol. The predicted octanol–water partition coefficient (Wildman–Crippen LogP) is 1.89. The van der Waals surface area contributed by atoms with E-state index in [1.165, 1.54) is 41.5 Å². The fourth-order valence-electron chi connectivity index (χ4n) is 3.30. The van der Waals surface area contributed by atoms with Crippen molar-refractivity contribution in [3.8, 4) is 0 Å². The Morgan fingerprint density at radius 2 is 2.18 bits per heavy atom. The molecule has 4 heterocycles. The highest BCUT2D eigenvalue weighted by Crippen LogP contribution is 2.42. The van der Waals surface area contributed by atoms with Crippen molar-refractivity contribution >= 4 is 11.3 Å². The summed E-state index contributed by atoms with van der Waals surface area (Å²) in [5, 5.41) is 1.18. The molecule has 3 nitrogen and oxygen atoms in total. The van der Waals surface area contributed by atoms with Crippen LogP contribution in [0.25, 0.3) is 0 Å². The van der Waals surface area contributed by atoms with Crippen molar-refractivity contribution in [2.75, 3.05) is 19.6 Å². The first-order valence-electron chi connectivity index (χ1n) is 6.61. The van der Waals surface area contributed by atoms with E-state index >= 15 is 0 Å². The second kappa shape index (κ2) is 4.04. The average molecular weight is 251 g/mol. The number of aryl methyl sites for hydroxylation is 2. The van der Waals surface area contributed by atoms with Gasteiger partial charge in [0.25, 0.3) is 0 Å². The van der Waals surface area contributed by atoms with Crippen LogP contribution in [-0.2, 0) is 12.0 Å². The minimum Gasteiger partial charge on any atom is -0.318 e. The Labute approximate surface area is 107 Å². The molecule has 4 rings (SSSR count). The topological polar surface area (TPSA) is 42.1 Å². The van der Waals surface area contributed by atoms with Crippen LogP contribution in [0.1, 0.15) is 35.3 Å². The van der Waals surface area contributed by atoms with Gasteiger partial charge >= 0.3 is 0 Å². The van der Waals surface area contributed by atoms with Crippen LogP contribution in [0.15, 0.2) is 0 Å². The second-order valence-electron chi connectivity index (χ2n) is 5.47. The summed E-state index contributed by atoms with van der Waals surface area (Å²) in [6.07, 6.45) is 3.51. The first-order chi connectivity index (χ1) is 8.13. The normalized spacial score (nSPS) is 36.4. The maximum Gasteiger partial charge on any atom is 0.115 e. The summed E-state index contributed by atoms with van der Waals surface area (Å²) in [5.74, 6) is 0.641. The van der Waals surface area contributed by atoms with Crippen molar-refractivity contribution < 1.29 is 0 Å². The third-order valence-electron chi connectivity index (χ3n) is 4.43. The van der Waals surface area contributed by atoms with Crippen molar-refractivity contribution in [3.05, 3.63) is 15.6 Å². The number of rotatable bonds is 2. The summed E-state index contributed by atoms with van der Waals surface area (Å²) in [6.45, 7) is 7.81. The zero-order chi connectivity index (χ0) is 12.0. The van der Waals surface area contributed by atoms with Crippen LogP contribution in [0, 0.1) is 12.8 Å². The van der Waals surface area contributed by atoms with Gasteiger partial charge in [-0.2, -0.15) is 0 Å². The highest BCUT2D eigenvalue weighted by Gasteiger charge is 2.47. The van der Waals surface area contributed by atoms with E-state index in [1.54, 1.807) is 0 Å². The highest BCUT2D eigenvalue weighted by molar-refractivity contribution is 7.11. The van der Waals surface area contributed by atoms with Crippen molar-refractivity contribution in [2.24, 2.45) is 11.7 Å². The van der Waals surface area contributed by atoms with Gasteiger partial charge in [-0.05, 0) is 45.2 Å². The molecule has 94 valence electrons. The first-order valence-corrected chi connectivity index (χ1v) is 7.43. The molecule has 3 fully saturated rings. The van der Waals surface area contributed by atoms with Crippen LogP contribution in [0.2, 0.25) is 0 Å². The number of nitrogens with two attached hydrogens (primary N) is 1. The summed E-state index contributed by atoms with van der Waals surface area (Å²) in [7, 11) is 0. The molecule has 0 saturated carbocycles. The number of aromatic nitrogens is 1. The quantitative estimate of drug-likeness (QED) is 0.873. The Bertz CT molecular complexity index is 420. The van der Waals surface area contributed by atoms with Crippen LogP contribution in [0.4, 0.5) is 0 Å². The number of thiazole rings is 1. The summed E-state index contributed by atoms with van der Waals surface area (Å²) in [5.41, 5.74) is 7.78. The van der Waals surface area contributed by atoms with E-state index in [4.69, 9.17) is 10.7 Å². The Morgan fingerprint density at radius 1 is 1.47 bits per heavy atom. The number of hydrogen-bond acceptors (Lipinski definition) is 4. The van der Waals surface area contributed by atoms with Gasteiger partial charge in [0.15, 0.2) is 0 Å². The minimum absolute atomic E-state index is 0.167. The third kappa shape index (κ3) is 1.74. The molecule has 1 atom stereocenters. The molecule has 3 aliphatic heterocycles. The van der Waals surface area contributed by atoms with E-state index < -0.39 is 0 Å². The molecule has 3 saturated heterocycles. The molecule has 3 aliphatic rings. The van der Waals surface area contributed by atoms with E-state index in [9.17, 15) is 0 Å². The number of fused-ring (bicyclic) bond motifs is 3. The fraction of sp³-hybridized carbons (Fsp3) is 0.769. The zero-order valence-corrected chi connectivity index (χ0v) is 11.5. The molecular formula is C13H21N3S. The predicted molar refractivity (Wildman–Crippen MR) is 71.3 cm³/mol. The zero-order valence-electron chi connectivity index (χ0n) is 10.7. The molecule has 4 heteroatoms. The molecule has 2 bridgehead atoms. The smallest absolute Gasteiger partial charge is 0.115 e. The monoisotopic (exact) mass is 251 g/mol. The van der Waals surface area contributed by atoms with Gasteiger partial charge in [0.2, 0.25) is 0 Å². The molecule has 0 amide bonds. The third-order valence-corrected chi connectivity index (χ3v) is 5.63. The van der Waals surface area contributed by atoms with Crippen molar-refractivity contribution in [2.45, 2.75) is 38.6 Å². The van der Waals surface area contributed by atoms with Crippen LogP contribution in [-0.4, -0.2) is 29.5 Å². The first kappa shape index (κ1) is 11.6. The van der Waals surface area contributed by atoms with E-state index in [1.807, 2.05) is 11.3 Å². The molecule has 2 N–H and O–H groups in total. The van der Waals surface area contributed by atoms with Crippen LogP contribution in [0.3, 0.4) is 0 Å². The molecule has 0 radical (unpaired) electrons. The van der Waals surface area contributed by atoms with Gasteiger partial charge in [-0.25, -0.2) is 4.98 Å². The van der Waals surface area contributed by atoms with Gasteiger partial charge in [0.1, 0.15) is 5.01 Å². The highest BCUT2D eigenvalue weighted by atomic mass is 32.1. The summed E-state index contributed by atoms with van der Waals surface area (Å²) < 4.78 is 0. The van der Waals surface area contributed by atoms with E-state index in [2.05, 4.69) is 18.7 Å². The Kier molecular flexibility index (Phi) is 2.76. The lowest BCUT2D eigenvalue weighted by molar-refractivity contribution is 0.0265. The Hall–Kier alpha value is -0.450. The van der Waals surface area contributed by atoms with E-state index in [0.717, 1.165) is 13.0 Å². The van der Waals surface area contributed by atoms with Gasteiger partial charge in [0, 0.05) is 11.4 Å². The lowest BCUT2D eigenvalue weighted by Crippen LogP contribution is -2.61. The van der Waals surface area contributed by atoms with Gasteiger partial charge in [-0.15, -0.1) is 11.3 Å². The molecule has 1 aromatic heterocycles. The Balaban J connectivity index is 1.96. The van der Waals surface area contributed by atoms with Crippen LogP contribution in [0.5, 0.6) is 0 Å². The van der Waals surface area contributed by atoms with Crippen molar-refractivity contribution in [1.82, 2.24) is 9.88 Å². The van der Waals surface area contributed by atoms with Gasteiger partial charge in [-0.1, -0.05) is 6.92 Å². The lowest BCUT2D eigenvalue weighted by Gasteiger charge is -2.50. The van der Waals surface area contributed by atoms with E-state index in [-0.39, 0.29) is 5.54 Å². The Morgan fingerprint density at radius 3 is 2.65 bits per heavy atom. The number of hydrogen-bond donors (Lipinski definition) is 1. The number of nitrogens with zero attached hydrogens (tertiary/aromatic N) is 2. The molecule has 1 unspecified atom stereocenters. The molecule has 1 aromatic rings. The van der Waals surface area contributed by atoms with Crippen molar-refractivity contribution in [1.29, 1.82) is 0 Å². The molecule has 0 aliphatic carbocycles. The lowest BCUT2D eigenvalue weighted by atomic mass is 9.74. The summed E-state index contributed by atoms with van der Waals surface area (Å²) >= 11 is 1.82. The molecule has 0 spiro atoms. The van der Waals surface area contributed by atoms with Crippen LogP contribution < -0.4 is 5.73 Å². The SMILES string of the molecule is CCc1nc(C2(N)CN3CCC2CC3)sc1C. The van der Waals surface area contributed by atoms with Gasteiger partial charge in [0.05, 0.1) is 11.2 Å². The average Bonchev–Trinajstić information content (AvgIpc) is 2.72. The fourth-order valence-corrected chi connectivity index (χ4v) is 4.48. The summed E-state index contributed by atoms with van der Waals surface area (Å²) in [6, 6.07) is 0. The maximum atomic E-state index is 6.71. The number of piperidine rings is 3. The molecule has 0 aromatic carbocycles. The standard InChI is InChI=1S/C13H21N3S/c1-3-11-9(2)17-12(15-11)13(14)8-16-6-4-10(13)5-7-16/h10H,3-8,14H2,1-2H3. The van der Waals surface area contributed by atoms with Gasteiger partial charge in [-0.3, -0.25) is 0 Å². The summed E-state index contributed by atoms with van der Waals surface area (Å²) in [4.78, 5) is 8.66. The van der Waals surface area contributed by atoms with Crippen LogP contribution >= 0.6 is 11.3 Å². The molecule has 17 heavy (non-hydrogen) atoms.